The summed E-state index contributed by atoms with van der Waals surface area (Å²) in [5.74, 6) is -0.972. The van der Waals surface area contributed by atoms with Crippen molar-refractivity contribution in [1.29, 1.82) is 0 Å². The van der Waals surface area contributed by atoms with Gasteiger partial charge in [-0.15, -0.1) is 0 Å². The molecule has 1 unspecified atom stereocenters. The highest BCUT2D eigenvalue weighted by molar-refractivity contribution is 6.30. The standard InChI is InChI=1S/C35H35ClN2O4/c1-22(34(40)41)17-31-33(32(39)19-35(2,3)4)28-18-27(42-21-26-14-11-24-7-5-6-8-29(24)37-26)15-16-30(28)38(31)20-23-9-12-25(36)13-10-23/h5-16,18,22H,17,19-21H2,1-4H3,(H,40,41). The molecular weight excluding hydrogens is 548 g/mol. The molecular formula is C35H35ClN2O4. The van der Waals surface area contributed by atoms with E-state index in [4.69, 9.17) is 21.3 Å². The first-order valence-corrected chi connectivity index (χ1v) is 14.5. The molecule has 0 aliphatic carbocycles. The third-order valence-corrected chi connectivity index (χ3v) is 7.58. The van der Waals surface area contributed by atoms with Crippen LogP contribution in [0.5, 0.6) is 5.75 Å². The van der Waals surface area contributed by atoms with Crippen molar-refractivity contribution >= 4 is 45.2 Å². The van der Waals surface area contributed by atoms with E-state index in [2.05, 4.69) is 4.57 Å². The Hall–Kier alpha value is -4.16. The molecule has 1 atom stereocenters. The first kappa shape index (κ1) is 29.3. The van der Waals surface area contributed by atoms with Crippen molar-refractivity contribution in [3.05, 3.63) is 106 Å². The maximum absolute atomic E-state index is 13.9. The number of aliphatic carboxylic acids is 1. The summed E-state index contributed by atoms with van der Waals surface area (Å²) in [5.41, 5.74) is 4.60. The first-order valence-electron chi connectivity index (χ1n) is 14.1. The van der Waals surface area contributed by atoms with Crippen LogP contribution < -0.4 is 4.74 Å². The number of ether oxygens (including phenoxy) is 1. The van der Waals surface area contributed by atoms with Gasteiger partial charge in [0.25, 0.3) is 0 Å². The molecule has 3 aromatic carbocycles. The average molecular weight is 583 g/mol. The lowest BCUT2D eigenvalue weighted by Crippen LogP contribution is -2.19. The molecule has 0 bridgehead atoms. The van der Waals surface area contributed by atoms with E-state index in [1.807, 2.05) is 99.6 Å². The number of aromatic nitrogens is 2. The molecule has 2 aromatic heterocycles. The summed E-state index contributed by atoms with van der Waals surface area (Å²) in [6, 6.07) is 25.2. The van der Waals surface area contributed by atoms with Crippen LogP contribution >= 0.6 is 11.6 Å². The highest BCUT2D eigenvalue weighted by Gasteiger charge is 2.28. The van der Waals surface area contributed by atoms with Gasteiger partial charge in [0.15, 0.2) is 5.78 Å². The van der Waals surface area contributed by atoms with Gasteiger partial charge in [0.2, 0.25) is 0 Å². The van der Waals surface area contributed by atoms with Crippen LogP contribution in [0.25, 0.3) is 21.8 Å². The molecule has 6 nitrogen and oxygen atoms in total. The van der Waals surface area contributed by atoms with Gasteiger partial charge in [0.05, 0.1) is 17.1 Å². The van der Waals surface area contributed by atoms with E-state index in [0.717, 1.165) is 38.8 Å². The van der Waals surface area contributed by atoms with Crippen LogP contribution in [-0.2, 0) is 24.4 Å². The number of para-hydroxylation sites is 1. The Bertz CT molecular complexity index is 1770. The molecule has 216 valence electrons. The van der Waals surface area contributed by atoms with Gasteiger partial charge >= 0.3 is 5.97 Å². The monoisotopic (exact) mass is 582 g/mol. The fraction of sp³-hybridized carbons (Fsp3) is 0.286. The van der Waals surface area contributed by atoms with Crippen molar-refractivity contribution in [3.8, 4) is 5.75 Å². The average Bonchev–Trinajstić information content (AvgIpc) is 3.23. The zero-order valence-electron chi connectivity index (χ0n) is 24.4. The Balaban J connectivity index is 1.59. The molecule has 5 rings (SSSR count). The van der Waals surface area contributed by atoms with E-state index in [-0.39, 0.29) is 24.2 Å². The lowest BCUT2D eigenvalue weighted by molar-refractivity contribution is -0.141. The number of carbonyl (C=O) groups excluding carboxylic acids is 1. The molecule has 0 fully saturated rings. The minimum Gasteiger partial charge on any atom is -0.487 e. The highest BCUT2D eigenvalue weighted by Crippen LogP contribution is 2.35. The molecule has 0 aliphatic heterocycles. The van der Waals surface area contributed by atoms with Crippen LogP contribution in [0.3, 0.4) is 0 Å². The number of pyridine rings is 1. The van der Waals surface area contributed by atoms with E-state index >= 15 is 0 Å². The number of Topliss-reactive ketones (excluding diaryl/α,β-unsaturated/α-hetero) is 1. The molecule has 42 heavy (non-hydrogen) atoms. The lowest BCUT2D eigenvalue weighted by Gasteiger charge is -2.18. The van der Waals surface area contributed by atoms with Crippen LogP contribution in [0.15, 0.2) is 78.9 Å². The van der Waals surface area contributed by atoms with E-state index in [1.165, 1.54) is 0 Å². The number of nitrogens with zero attached hydrogens (tertiary/aromatic N) is 2. The van der Waals surface area contributed by atoms with Gasteiger partial charge in [0, 0.05) is 52.0 Å². The van der Waals surface area contributed by atoms with Gasteiger partial charge in [-0.1, -0.05) is 75.7 Å². The minimum absolute atomic E-state index is 0.0108. The molecule has 5 aromatic rings. The van der Waals surface area contributed by atoms with Crippen molar-refractivity contribution in [2.45, 2.75) is 53.7 Å². The Morgan fingerprint density at radius 3 is 2.45 bits per heavy atom. The molecule has 2 heterocycles. The largest absolute Gasteiger partial charge is 0.487 e. The van der Waals surface area contributed by atoms with Gasteiger partial charge in [-0.3, -0.25) is 9.59 Å². The van der Waals surface area contributed by atoms with Gasteiger partial charge < -0.3 is 14.4 Å². The van der Waals surface area contributed by atoms with Crippen molar-refractivity contribution in [2.75, 3.05) is 0 Å². The van der Waals surface area contributed by atoms with Gasteiger partial charge in [0.1, 0.15) is 12.4 Å². The number of carbonyl (C=O) groups is 2. The summed E-state index contributed by atoms with van der Waals surface area (Å²) in [6.07, 6.45) is 0.549. The summed E-state index contributed by atoms with van der Waals surface area (Å²) >= 11 is 6.14. The fourth-order valence-electron chi connectivity index (χ4n) is 5.25. The molecule has 0 spiro atoms. The molecule has 0 amide bonds. The van der Waals surface area contributed by atoms with Crippen LogP contribution in [0, 0.1) is 11.3 Å². The quantitative estimate of drug-likeness (QED) is 0.167. The van der Waals surface area contributed by atoms with Crippen LogP contribution in [-0.4, -0.2) is 26.4 Å². The van der Waals surface area contributed by atoms with Gasteiger partial charge in [-0.05, 0) is 53.4 Å². The van der Waals surface area contributed by atoms with Crippen LogP contribution in [0.2, 0.25) is 5.02 Å². The first-order chi connectivity index (χ1) is 20.0. The van der Waals surface area contributed by atoms with E-state index in [9.17, 15) is 14.7 Å². The van der Waals surface area contributed by atoms with Crippen molar-refractivity contribution < 1.29 is 19.4 Å². The second kappa shape index (κ2) is 12.0. The molecule has 0 saturated heterocycles. The van der Waals surface area contributed by atoms with Crippen molar-refractivity contribution in [1.82, 2.24) is 9.55 Å². The zero-order chi connectivity index (χ0) is 30.0. The van der Waals surface area contributed by atoms with Gasteiger partial charge in [-0.25, -0.2) is 4.98 Å². The molecule has 1 N–H and O–H groups in total. The van der Waals surface area contributed by atoms with Crippen molar-refractivity contribution in [3.63, 3.8) is 0 Å². The lowest BCUT2D eigenvalue weighted by atomic mass is 9.86. The maximum Gasteiger partial charge on any atom is 0.306 e. The summed E-state index contributed by atoms with van der Waals surface area (Å²) in [7, 11) is 0. The highest BCUT2D eigenvalue weighted by atomic mass is 35.5. The fourth-order valence-corrected chi connectivity index (χ4v) is 5.37. The number of hydrogen-bond donors (Lipinski definition) is 1. The van der Waals surface area contributed by atoms with Crippen LogP contribution in [0.1, 0.15) is 61.4 Å². The Morgan fingerprint density at radius 2 is 1.74 bits per heavy atom. The topological polar surface area (TPSA) is 81.4 Å². The molecule has 0 radical (unpaired) electrons. The van der Waals surface area contributed by atoms with E-state index in [0.29, 0.717) is 29.3 Å². The summed E-state index contributed by atoms with van der Waals surface area (Å²) in [5, 5.41) is 12.3. The Morgan fingerprint density at radius 1 is 1.00 bits per heavy atom. The number of carboxylic acids is 1. The molecule has 0 aliphatic rings. The zero-order valence-corrected chi connectivity index (χ0v) is 25.1. The summed E-state index contributed by atoms with van der Waals surface area (Å²) in [4.78, 5) is 30.6. The predicted octanol–water partition coefficient (Wildman–Crippen LogP) is 8.35. The number of rotatable bonds is 10. The van der Waals surface area contributed by atoms with Crippen molar-refractivity contribution in [2.24, 2.45) is 11.3 Å². The molecule has 7 heteroatoms. The summed E-state index contributed by atoms with van der Waals surface area (Å²) < 4.78 is 8.26. The number of halogens is 1. The maximum atomic E-state index is 13.9. The third-order valence-electron chi connectivity index (χ3n) is 7.33. The number of fused-ring (bicyclic) bond motifs is 2. The van der Waals surface area contributed by atoms with E-state index in [1.54, 1.807) is 6.92 Å². The second-order valence-electron chi connectivity index (χ2n) is 12.1. The van der Waals surface area contributed by atoms with Gasteiger partial charge in [-0.2, -0.15) is 0 Å². The normalized spacial score (nSPS) is 12.5. The SMILES string of the molecule is CC(Cc1c(C(=O)CC(C)(C)C)c2cc(OCc3ccc4ccccc4n3)ccc2n1Cc1ccc(Cl)cc1)C(=O)O. The molecule has 0 saturated carbocycles. The smallest absolute Gasteiger partial charge is 0.306 e. The second-order valence-corrected chi connectivity index (χ2v) is 12.5. The predicted molar refractivity (Wildman–Crippen MR) is 167 cm³/mol. The third kappa shape index (κ3) is 6.66. The minimum atomic E-state index is -0.903. The summed E-state index contributed by atoms with van der Waals surface area (Å²) in [6.45, 7) is 8.51. The Labute approximate surface area is 250 Å². The van der Waals surface area contributed by atoms with E-state index < -0.39 is 11.9 Å². The number of ketones is 1. The van der Waals surface area contributed by atoms with Crippen LogP contribution in [0.4, 0.5) is 0 Å². The number of carboxylic acid groups (broad SMARTS) is 1. The Kier molecular flexibility index (Phi) is 8.37. The number of benzene rings is 3. The number of hydrogen-bond acceptors (Lipinski definition) is 4.